The smallest absolute Gasteiger partial charge is 0.294 e. The number of halogens is 1. The monoisotopic (exact) mass is 345 g/mol. The van der Waals surface area contributed by atoms with E-state index in [0.29, 0.717) is 5.02 Å². The Balaban J connectivity index is 1.98. The molecule has 10 heteroatoms. The molecule has 1 saturated heterocycles. The average Bonchev–Trinajstić information content (AvgIpc) is 2.86. The lowest BCUT2D eigenvalue weighted by Gasteiger charge is -2.17. The van der Waals surface area contributed by atoms with Gasteiger partial charge in [-0.25, -0.2) is 0 Å². The van der Waals surface area contributed by atoms with E-state index in [1.165, 1.54) is 0 Å². The molecule has 0 spiro atoms. The van der Waals surface area contributed by atoms with Gasteiger partial charge in [0.1, 0.15) is 12.6 Å². The van der Waals surface area contributed by atoms with Crippen LogP contribution in [0.15, 0.2) is 24.3 Å². The number of rotatable bonds is 6. The predicted molar refractivity (Wildman–Crippen MR) is 80.1 cm³/mol. The highest BCUT2D eigenvalue weighted by molar-refractivity contribution is 8.14. The highest BCUT2D eigenvalue weighted by atomic mass is 35.5. The first-order valence-electron chi connectivity index (χ1n) is 6.25. The van der Waals surface area contributed by atoms with Crippen molar-refractivity contribution in [3.63, 3.8) is 0 Å². The SMILES string of the molecule is O=C1NC(C(=O)NCCO[N+](=O)[O-])C(c2ccc(Cl)cc2)S1. The number of hydrogen-bond acceptors (Lipinski definition) is 6. The normalized spacial score (nSPS) is 20.3. The van der Waals surface area contributed by atoms with Crippen LogP contribution in [0.1, 0.15) is 10.8 Å². The maximum atomic E-state index is 12.1. The van der Waals surface area contributed by atoms with Gasteiger partial charge in [0.05, 0.1) is 5.25 Å². The minimum atomic E-state index is -0.935. The van der Waals surface area contributed by atoms with E-state index in [2.05, 4.69) is 15.5 Å². The molecule has 1 aliphatic heterocycles. The van der Waals surface area contributed by atoms with Gasteiger partial charge in [-0.05, 0) is 17.7 Å². The molecule has 2 rings (SSSR count). The fourth-order valence-electron chi connectivity index (χ4n) is 1.94. The minimum Gasteiger partial charge on any atom is -0.352 e. The van der Waals surface area contributed by atoms with Gasteiger partial charge in [0.15, 0.2) is 0 Å². The van der Waals surface area contributed by atoms with Gasteiger partial charge in [-0.3, -0.25) is 9.59 Å². The second-order valence-corrected chi connectivity index (χ2v) is 5.90. The first-order valence-corrected chi connectivity index (χ1v) is 7.51. The topological polar surface area (TPSA) is 111 Å². The number of carbonyl (C=O) groups excluding carboxylic acids is 2. The molecule has 2 unspecified atom stereocenters. The molecule has 8 nitrogen and oxygen atoms in total. The van der Waals surface area contributed by atoms with Crippen molar-refractivity contribution in [1.82, 2.24) is 10.6 Å². The van der Waals surface area contributed by atoms with E-state index in [1.807, 2.05) is 0 Å². The summed E-state index contributed by atoms with van der Waals surface area (Å²) in [5, 5.41) is 14.0. The largest absolute Gasteiger partial charge is 0.352 e. The molecule has 0 bridgehead atoms. The molecular formula is C12H12ClN3O5S. The van der Waals surface area contributed by atoms with Crippen LogP contribution in [0.25, 0.3) is 0 Å². The second kappa shape index (κ2) is 7.32. The van der Waals surface area contributed by atoms with Crippen LogP contribution in [0.2, 0.25) is 5.02 Å². The summed E-state index contributed by atoms with van der Waals surface area (Å²) < 4.78 is 0. The Kier molecular flexibility index (Phi) is 5.45. The number of nitrogens with one attached hydrogen (secondary N) is 2. The molecule has 0 saturated carbocycles. The van der Waals surface area contributed by atoms with Gasteiger partial charge in [0, 0.05) is 11.6 Å². The molecule has 1 aromatic carbocycles. The van der Waals surface area contributed by atoms with Gasteiger partial charge in [-0.2, -0.15) is 0 Å². The van der Waals surface area contributed by atoms with Crippen molar-refractivity contribution >= 4 is 34.5 Å². The molecule has 0 radical (unpaired) electrons. The van der Waals surface area contributed by atoms with Crippen LogP contribution in [-0.2, 0) is 9.63 Å². The fraction of sp³-hybridized carbons (Fsp3) is 0.333. The molecule has 0 aliphatic carbocycles. The summed E-state index contributed by atoms with van der Waals surface area (Å²) in [7, 11) is 0. The molecule has 2 N–H and O–H groups in total. The van der Waals surface area contributed by atoms with Crippen molar-refractivity contribution in [1.29, 1.82) is 0 Å². The van der Waals surface area contributed by atoms with E-state index in [0.717, 1.165) is 17.3 Å². The zero-order chi connectivity index (χ0) is 16.1. The lowest BCUT2D eigenvalue weighted by molar-refractivity contribution is -0.757. The molecule has 0 aromatic heterocycles. The lowest BCUT2D eigenvalue weighted by atomic mass is 10.0. The summed E-state index contributed by atoms with van der Waals surface area (Å²) in [5.74, 6) is -0.426. The predicted octanol–water partition coefficient (Wildman–Crippen LogP) is 1.53. The lowest BCUT2D eigenvalue weighted by Crippen LogP contribution is -2.44. The molecule has 2 amide bonds. The summed E-state index contributed by atoms with van der Waals surface area (Å²) in [6.07, 6.45) is 0. The molecule has 1 fully saturated rings. The van der Waals surface area contributed by atoms with Crippen LogP contribution in [0, 0.1) is 10.1 Å². The molecular weight excluding hydrogens is 334 g/mol. The van der Waals surface area contributed by atoms with Gasteiger partial charge >= 0.3 is 0 Å². The average molecular weight is 346 g/mol. The first-order chi connectivity index (χ1) is 10.5. The van der Waals surface area contributed by atoms with Crippen molar-refractivity contribution in [3.05, 3.63) is 45.0 Å². The second-order valence-electron chi connectivity index (χ2n) is 4.35. The Hall–Kier alpha value is -2.00. The third kappa shape index (κ3) is 4.25. The number of carbonyl (C=O) groups is 2. The maximum absolute atomic E-state index is 12.1. The molecule has 22 heavy (non-hydrogen) atoms. The number of benzene rings is 1. The van der Waals surface area contributed by atoms with Crippen molar-refractivity contribution in [2.24, 2.45) is 0 Å². The van der Waals surface area contributed by atoms with Crippen molar-refractivity contribution in [2.75, 3.05) is 13.2 Å². The van der Waals surface area contributed by atoms with Crippen molar-refractivity contribution < 1.29 is 19.5 Å². The zero-order valence-corrected chi connectivity index (χ0v) is 12.7. The molecule has 1 aliphatic rings. The number of amides is 2. The summed E-state index contributed by atoms with van der Waals surface area (Å²) in [5.41, 5.74) is 0.787. The molecule has 118 valence electrons. The standard InChI is InChI=1S/C12H12ClN3O5S/c13-8-3-1-7(2-4-8)10-9(15-12(18)22-10)11(17)14-5-6-21-16(19)20/h1-4,9-10H,5-6H2,(H,14,17)(H,15,18). The van der Waals surface area contributed by atoms with Crippen LogP contribution in [0.4, 0.5) is 4.79 Å². The maximum Gasteiger partial charge on any atom is 0.294 e. The summed E-state index contributed by atoms with van der Waals surface area (Å²) in [6, 6.07) is 6.10. The minimum absolute atomic E-state index is 0.0236. The van der Waals surface area contributed by atoms with Crippen molar-refractivity contribution in [3.8, 4) is 0 Å². The van der Waals surface area contributed by atoms with E-state index in [1.54, 1.807) is 24.3 Å². The Morgan fingerprint density at radius 1 is 1.45 bits per heavy atom. The summed E-state index contributed by atoms with van der Waals surface area (Å²) >= 11 is 6.83. The number of hydrogen-bond donors (Lipinski definition) is 2. The van der Waals surface area contributed by atoms with Crippen LogP contribution >= 0.6 is 23.4 Å². The zero-order valence-electron chi connectivity index (χ0n) is 11.2. The van der Waals surface area contributed by atoms with Crippen LogP contribution in [0.3, 0.4) is 0 Å². The highest BCUT2D eigenvalue weighted by Gasteiger charge is 2.39. The number of thioether (sulfide) groups is 1. The molecule has 1 aromatic rings. The fourth-order valence-corrected chi connectivity index (χ4v) is 3.11. The van der Waals surface area contributed by atoms with Gasteiger partial charge in [-0.1, -0.05) is 35.5 Å². The van der Waals surface area contributed by atoms with E-state index >= 15 is 0 Å². The van der Waals surface area contributed by atoms with Gasteiger partial charge < -0.3 is 15.5 Å². The number of nitrogens with zero attached hydrogens (tertiary/aromatic N) is 1. The third-order valence-corrected chi connectivity index (χ3v) is 4.27. The van der Waals surface area contributed by atoms with Crippen LogP contribution in [0.5, 0.6) is 0 Å². The first kappa shape index (κ1) is 16.4. The van der Waals surface area contributed by atoms with Gasteiger partial charge in [0.2, 0.25) is 5.91 Å². The van der Waals surface area contributed by atoms with E-state index in [9.17, 15) is 19.7 Å². The molecule has 1 heterocycles. The third-order valence-electron chi connectivity index (χ3n) is 2.89. The van der Waals surface area contributed by atoms with Gasteiger partial charge in [0.25, 0.3) is 10.3 Å². The van der Waals surface area contributed by atoms with Crippen LogP contribution in [-0.4, -0.2) is 35.4 Å². The van der Waals surface area contributed by atoms with E-state index in [-0.39, 0.29) is 23.6 Å². The Morgan fingerprint density at radius 2 is 2.14 bits per heavy atom. The quantitative estimate of drug-likeness (QED) is 0.459. The molecule has 2 atom stereocenters. The van der Waals surface area contributed by atoms with Crippen LogP contribution < -0.4 is 10.6 Å². The summed E-state index contributed by atoms with van der Waals surface area (Å²) in [6.45, 7) is -0.275. The Bertz CT molecular complexity index is 583. The van der Waals surface area contributed by atoms with Gasteiger partial charge in [-0.15, -0.1) is 10.1 Å². The summed E-state index contributed by atoms with van der Waals surface area (Å²) in [4.78, 5) is 37.8. The Morgan fingerprint density at radius 3 is 2.77 bits per heavy atom. The van der Waals surface area contributed by atoms with E-state index < -0.39 is 17.0 Å². The highest BCUT2D eigenvalue weighted by Crippen LogP contribution is 2.38. The Labute approximate surface area is 134 Å². The van der Waals surface area contributed by atoms with Crippen molar-refractivity contribution in [2.45, 2.75) is 11.3 Å². The van der Waals surface area contributed by atoms with E-state index in [4.69, 9.17) is 11.6 Å².